The van der Waals surface area contributed by atoms with E-state index >= 15 is 0 Å². The van der Waals surface area contributed by atoms with Crippen LogP contribution in [0, 0.1) is 5.41 Å². The van der Waals surface area contributed by atoms with Crippen LogP contribution in [0.15, 0.2) is 60.7 Å². The van der Waals surface area contributed by atoms with Gasteiger partial charge in [0.25, 0.3) is 0 Å². The molecule has 1 atom stereocenters. The first-order valence-corrected chi connectivity index (χ1v) is 10.9. The summed E-state index contributed by atoms with van der Waals surface area (Å²) < 4.78 is 11.7. The maximum absolute atomic E-state index is 13.8. The van der Waals surface area contributed by atoms with E-state index in [0.717, 1.165) is 11.3 Å². The van der Waals surface area contributed by atoms with Crippen molar-refractivity contribution >= 4 is 17.6 Å². The number of para-hydroxylation sites is 1. The quantitative estimate of drug-likeness (QED) is 0.480. The molecule has 1 aliphatic heterocycles. The zero-order valence-corrected chi connectivity index (χ0v) is 19.8. The van der Waals surface area contributed by atoms with E-state index in [4.69, 9.17) is 14.3 Å². The van der Waals surface area contributed by atoms with Gasteiger partial charge in [0.15, 0.2) is 5.41 Å². The Bertz CT molecular complexity index is 900. The Labute approximate surface area is 190 Å². The van der Waals surface area contributed by atoms with E-state index in [1.165, 1.54) is 0 Å². The predicted molar refractivity (Wildman–Crippen MR) is 123 cm³/mol. The van der Waals surface area contributed by atoms with Crippen molar-refractivity contribution in [1.82, 2.24) is 0 Å². The molecule has 0 amide bonds. The summed E-state index contributed by atoms with van der Waals surface area (Å²) in [6.45, 7) is 10.9. The van der Waals surface area contributed by atoms with Crippen LogP contribution in [0.5, 0.6) is 0 Å². The van der Waals surface area contributed by atoms with Crippen molar-refractivity contribution in [3.05, 3.63) is 66.2 Å². The Morgan fingerprint density at radius 2 is 1.31 bits per heavy atom. The number of hydrogen-bond acceptors (Lipinski definition) is 6. The summed E-state index contributed by atoms with van der Waals surface area (Å²) in [6.07, 6.45) is 0.139. The van der Waals surface area contributed by atoms with Crippen LogP contribution < -0.4 is 5.06 Å². The monoisotopic (exact) mass is 439 g/mol. The smallest absolute Gasteiger partial charge is 0.326 e. The summed E-state index contributed by atoms with van der Waals surface area (Å²) in [7, 11) is 0. The van der Waals surface area contributed by atoms with E-state index in [9.17, 15) is 9.59 Å². The highest BCUT2D eigenvalue weighted by molar-refractivity contribution is 6.02. The number of hydrogen-bond donors (Lipinski definition) is 0. The van der Waals surface area contributed by atoms with Gasteiger partial charge in [-0.2, -0.15) is 0 Å². The van der Waals surface area contributed by atoms with Gasteiger partial charge >= 0.3 is 11.9 Å². The summed E-state index contributed by atoms with van der Waals surface area (Å²) in [6, 6.07) is 18.1. The van der Waals surface area contributed by atoms with Gasteiger partial charge in [0.2, 0.25) is 0 Å². The average Bonchev–Trinajstić information content (AvgIpc) is 2.71. The first-order chi connectivity index (χ1) is 14.9. The molecular formula is C26H33NO5. The molecule has 0 aliphatic carbocycles. The molecule has 0 saturated carbocycles. The van der Waals surface area contributed by atoms with Gasteiger partial charge in [-0.25, -0.2) is 5.06 Å². The van der Waals surface area contributed by atoms with Crippen molar-refractivity contribution in [2.75, 3.05) is 11.7 Å². The molecule has 0 radical (unpaired) electrons. The molecule has 172 valence electrons. The van der Waals surface area contributed by atoms with Crippen LogP contribution in [0.2, 0.25) is 0 Å². The van der Waals surface area contributed by atoms with Crippen LogP contribution in [-0.4, -0.2) is 29.7 Å². The number of hydroxylamine groups is 1. The van der Waals surface area contributed by atoms with Gasteiger partial charge in [0.05, 0.1) is 12.3 Å². The van der Waals surface area contributed by atoms with Crippen LogP contribution >= 0.6 is 0 Å². The average molecular weight is 440 g/mol. The number of ether oxygens (including phenoxy) is 2. The van der Waals surface area contributed by atoms with E-state index in [-0.39, 0.29) is 13.0 Å². The van der Waals surface area contributed by atoms with E-state index in [1.54, 1.807) is 46.6 Å². The molecule has 6 heteroatoms. The fourth-order valence-electron chi connectivity index (χ4n) is 3.82. The number of nitrogens with zero attached hydrogens (tertiary/aromatic N) is 1. The van der Waals surface area contributed by atoms with Gasteiger partial charge < -0.3 is 9.47 Å². The Kier molecular flexibility index (Phi) is 6.65. The van der Waals surface area contributed by atoms with E-state index < -0.39 is 34.6 Å². The van der Waals surface area contributed by atoms with E-state index in [2.05, 4.69) is 0 Å². The van der Waals surface area contributed by atoms with Crippen LogP contribution in [0.3, 0.4) is 0 Å². The lowest BCUT2D eigenvalue weighted by Gasteiger charge is -2.47. The number of rotatable bonds is 4. The standard InChI is InChI=1S/C26H33NO5/c1-24(2,3)31-22(28)26(23(29)32-25(4,5)6)17-18-30-27(20-15-11-8-12-16-20)21(26)19-13-9-7-10-14-19/h7-16,21H,17-18H2,1-6H3. The number of carbonyl (C=O) groups excluding carboxylic acids is 2. The van der Waals surface area contributed by atoms with E-state index in [0.29, 0.717) is 0 Å². The maximum Gasteiger partial charge on any atom is 0.326 e. The second-order valence-electron chi connectivity index (χ2n) is 10.0. The van der Waals surface area contributed by atoms with Gasteiger partial charge in [0.1, 0.15) is 17.2 Å². The molecule has 0 spiro atoms. The molecule has 6 nitrogen and oxygen atoms in total. The van der Waals surface area contributed by atoms with Gasteiger partial charge in [-0.3, -0.25) is 14.4 Å². The largest absolute Gasteiger partial charge is 0.459 e. The van der Waals surface area contributed by atoms with Gasteiger partial charge in [-0.05, 0) is 59.2 Å². The first-order valence-electron chi connectivity index (χ1n) is 10.9. The van der Waals surface area contributed by atoms with Gasteiger partial charge in [0, 0.05) is 6.42 Å². The SMILES string of the molecule is CC(C)(C)OC(=O)C1(C(=O)OC(C)(C)C)CCON(c2ccccc2)C1c1ccccc1. The summed E-state index contributed by atoms with van der Waals surface area (Å²) in [4.78, 5) is 33.7. The molecule has 1 saturated heterocycles. The van der Waals surface area contributed by atoms with Crippen LogP contribution in [0.4, 0.5) is 5.69 Å². The highest BCUT2D eigenvalue weighted by atomic mass is 16.7. The summed E-state index contributed by atoms with van der Waals surface area (Å²) in [5.74, 6) is -1.23. The Hall–Kier alpha value is -2.86. The zero-order valence-electron chi connectivity index (χ0n) is 19.8. The summed E-state index contributed by atoms with van der Waals surface area (Å²) in [5, 5.41) is 1.65. The number of benzene rings is 2. The molecule has 32 heavy (non-hydrogen) atoms. The lowest BCUT2D eigenvalue weighted by molar-refractivity contribution is -0.196. The van der Waals surface area contributed by atoms with Crippen molar-refractivity contribution < 1.29 is 23.9 Å². The third-order valence-corrected chi connectivity index (χ3v) is 5.08. The molecule has 1 fully saturated rings. The Balaban J connectivity index is 2.23. The molecule has 1 aliphatic rings. The second-order valence-corrected chi connectivity index (χ2v) is 10.0. The van der Waals surface area contributed by atoms with Crippen molar-refractivity contribution in [1.29, 1.82) is 0 Å². The Morgan fingerprint density at radius 1 is 0.844 bits per heavy atom. The van der Waals surface area contributed by atoms with Crippen molar-refractivity contribution in [3.63, 3.8) is 0 Å². The minimum absolute atomic E-state index is 0.139. The molecule has 3 rings (SSSR count). The molecule has 2 aromatic rings. The highest BCUT2D eigenvalue weighted by Gasteiger charge is 2.61. The lowest BCUT2D eigenvalue weighted by atomic mass is 9.72. The molecule has 1 unspecified atom stereocenters. The van der Waals surface area contributed by atoms with Crippen LogP contribution in [0.25, 0.3) is 0 Å². The number of carbonyl (C=O) groups is 2. The Morgan fingerprint density at radius 3 is 1.78 bits per heavy atom. The van der Waals surface area contributed by atoms with Crippen molar-refractivity contribution in [2.24, 2.45) is 5.41 Å². The lowest BCUT2D eigenvalue weighted by Crippen LogP contribution is -2.58. The minimum Gasteiger partial charge on any atom is -0.459 e. The molecule has 2 aromatic carbocycles. The maximum atomic E-state index is 13.8. The van der Waals surface area contributed by atoms with Crippen molar-refractivity contribution in [3.8, 4) is 0 Å². The molecular weight excluding hydrogens is 406 g/mol. The van der Waals surface area contributed by atoms with Gasteiger partial charge in [-0.1, -0.05) is 48.5 Å². The van der Waals surface area contributed by atoms with Gasteiger partial charge in [-0.15, -0.1) is 0 Å². The molecule has 0 aromatic heterocycles. The van der Waals surface area contributed by atoms with E-state index in [1.807, 2.05) is 60.7 Å². The zero-order chi connectivity index (χ0) is 23.6. The number of anilines is 1. The number of esters is 2. The second kappa shape index (κ2) is 8.94. The summed E-state index contributed by atoms with van der Waals surface area (Å²) in [5.41, 5.74) is -1.67. The normalized spacial score (nSPS) is 18.7. The molecule has 0 bridgehead atoms. The topological polar surface area (TPSA) is 65.1 Å². The molecule has 1 heterocycles. The first kappa shape index (κ1) is 23.8. The van der Waals surface area contributed by atoms with Crippen LogP contribution in [-0.2, 0) is 23.9 Å². The summed E-state index contributed by atoms with van der Waals surface area (Å²) >= 11 is 0. The fourth-order valence-corrected chi connectivity index (χ4v) is 3.82. The highest BCUT2D eigenvalue weighted by Crippen LogP contribution is 2.49. The third kappa shape index (κ3) is 5.13. The third-order valence-electron chi connectivity index (χ3n) is 5.08. The fraction of sp³-hybridized carbons (Fsp3) is 0.462. The van der Waals surface area contributed by atoms with Crippen molar-refractivity contribution in [2.45, 2.75) is 65.2 Å². The predicted octanol–water partition coefficient (Wildman–Crippen LogP) is 5.24. The molecule has 0 N–H and O–H groups in total. The minimum atomic E-state index is -1.62. The van der Waals surface area contributed by atoms with Crippen LogP contribution in [0.1, 0.15) is 59.6 Å².